The lowest BCUT2D eigenvalue weighted by Gasteiger charge is -2.32. The van der Waals surface area contributed by atoms with E-state index in [4.69, 9.17) is 39.5 Å². The van der Waals surface area contributed by atoms with Gasteiger partial charge in [-0.25, -0.2) is 0 Å². The Morgan fingerprint density at radius 3 is 2.27 bits per heavy atom. The summed E-state index contributed by atoms with van der Waals surface area (Å²) in [5, 5.41) is -0.920. The van der Waals surface area contributed by atoms with Crippen molar-refractivity contribution in [1.29, 1.82) is 0 Å². The number of alkyl halides is 3. The third-order valence-corrected chi connectivity index (χ3v) is 2.71. The maximum absolute atomic E-state index is 5.95. The van der Waals surface area contributed by atoms with Gasteiger partial charge in [-0.15, -0.1) is 23.2 Å². The summed E-state index contributed by atoms with van der Waals surface area (Å²) >= 11 is 17.1. The van der Waals surface area contributed by atoms with Gasteiger partial charge in [0.05, 0.1) is 5.88 Å². The number of hydrogen-bond acceptors (Lipinski definition) is 2. The number of methoxy groups -OCH3 is 1. The molecular weight excluding hydrogens is 208 g/mol. The fourth-order valence-electron chi connectivity index (χ4n) is 0.606. The Kier molecular flexibility index (Phi) is 5.83. The van der Waals surface area contributed by atoms with Gasteiger partial charge in [-0.3, -0.25) is 4.90 Å². The summed E-state index contributed by atoms with van der Waals surface area (Å²) in [6.45, 7) is 0.644. The molecule has 0 aromatic rings. The van der Waals surface area contributed by atoms with Crippen LogP contribution in [0.2, 0.25) is 0 Å². The molecule has 0 amide bonds. The fourth-order valence-corrected chi connectivity index (χ4v) is 1.26. The van der Waals surface area contributed by atoms with Crippen LogP contribution in [0.5, 0.6) is 0 Å². The average Bonchev–Trinajstić information content (AvgIpc) is 2.03. The third kappa shape index (κ3) is 3.34. The molecule has 0 rings (SSSR count). The molecular formula is C6H12Cl3NO. The van der Waals surface area contributed by atoms with Crippen molar-refractivity contribution in [2.75, 3.05) is 32.5 Å². The van der Waals surface area contributed by atoms with E-state index in [0.29, 0.717) is 12.4 Å². The lowest BCUT2D eigenvalue weighted by Crippen LogP contribution is -2.45. The number of hydrogen-bond donors (Lipinski definition) is 0. The minimum Gasteiger partial charge on any atom is -0.349 e. The van der Waals surface area contributed by atoms with Crippen molar-refractivity contribution in [3.63, 3.8) is 0 Å². The van der Waals surface area contributed by atoms with Gasteiger partial charge in [0, 0.05) is 19.5 Å². The van der Waals surface area contributed by atoms with Gasteiger partial charge in [0.1, 0.15) is 0 Å². The number of halogens is 3. The van der Waals surface area contributed by atoms with Gasteiger partial charge in [-0.2, -0.15) is 0 Å². The van der Waals surface area contributed by atoms with Gasteiger partial charge in [-0.05, 0) is 7.05 Å². The first-order chi connectivity index (χ1) is 5.10. The maximum Gasteiger partial charge on any atom is 0.212 e. The van der Waals surface area contributed by atoms with E-state index in [2.05, 4.69) is 0 Å². The largest absolute Gasteiger partial charge is 0.349 e. The van der Waals surface area contributed by atoms with E-state index in [0.717, 1.165) is 0 Å². The highest BCUT2D eigenvalue weighted by atomic mass is 35.5. The van der Waals surface area contributed by atoms with E-state index in [9.17, 15) is 0 Å². The van der Waals surface area contributed by atoms with E-state index in [1.165, 1.54) is 7.11 Å². The first-order valence-electron chi connectivity index (χ1n) is 3.18. The van der Waals surface area contributed by atoms with Crippen LogP contribution in [0, 0.1) is 0 Å². The predicted molar refractivity (Wildman–Crippen MR) is 49.7 cm³/mol. The molecule has 1 atom stereocenters. The average molecular weight is 221 g/mol. The molecule has 0 N–H and O–H groups in total. The first kappa shape index (κ1) is 11.8. The summed E-state index contributed by atoms with van der Waals surface area (Å²) < 4.78 is 5.00. The molecule has 0 aliphatic heterocycles. The molecule has 68 valence electrons. The second-order valence-electron chi connectivity index (χ2n) is 2.14. The zero-order valence-corrected chi connectivity index (χ0v) is 8.88. The van der Waals surface area contributed by atoms with Crippen molar-refractivity contribution in [3.05, 3.63) is 0 Å². The second kappa shape index (κ2) is 5.44. The van der Waals surface area contributed by atoms with Crippen LogP contribution in [-0.4, -0.2) is 42.5 Å². The second-order valence-corrected chi connectivity index (χ2v) is 3.37. The number of ether oxygens (including phenoxy) is 1. The van der Waals surface area contributed by atoms with Crippen LogP contribution in [0.4, 0.5) is 0 Å². The molecule has 0 fully saturated rings. The van der Waals surface area contributed by atoms with Crippen molar-refractivity contribution in [1.82, 2.24) is 4.90 Å². The Balaban J connectivity index is 4.00. The first-order valence-corrected chi connectivity index (χ1v) is 4.62. The molecule has 11 heavy (non-hydrogen) atoms. The van der Waals surface area contributed by atoms with Crippen molar-refractivity contribution in [2.24, 2.45) is 0 Å². The Hall–Kier alpha value is 0.790. The van der Waals surface area contributed by atoms with Crippen molar-refractivity contribution in [2.45, 2.75) is 5.18 Å². The zero-order valence-electron chi connectivity index (χ0n) is 6.61. The molecule has 0 saturated carbocycles. The quantitative estimate of drug-likeness (QED) is 0.399. The highest BCUT2D eigenvalue weighted by molar-refractivity contribution is 6.29. The maximum atomic E-state index is 5.95. The SMILES string of the molecule is COC(Cl)(CCl)N(C)CCCl. The van der Waals surface area contributed by atoms with Gasteiger partial charge < -0.3 is 4.74 Å². The van der Waals surface area contributed by atoms with Crippen LogP contribution in [0.15, 0.2) is 0 Å². The van der Waals surface area contributed by atoms with E-state index >= 15 is 0 Å². The third-order valence-electron chi connectivity index (χ3n) is 1.47. The Morgan fingerprint density at radius 2 is 2.00 bits per heavy atom. The highest BCUT2D eigenvalue weighted by Gasteiger charge is 2.30. The Morgan fingerprint density at radius 1 is 1.45 bits per heavy atom. The fraction of sp³-hybridized carbons (Fsp3) is 1.00. The lowest BCUT2D eigenvalue weighted by molar-refractivity contribution is -0.0360. The monoisotopic (exact) mass is 219 g/mol. The van der Waals surface area contributed by atoms with Crippen molar-refractivity contribution < 1.29 is 4.74 Å². The molecule has 0 radical (unpaired) electrons. The summed E-state index contributed by atoms with van der Waals surface area (Å²) in [4.78, 5) is 1.76. The molecule has 0 aromatic heterocycles. The number of nitrogens with zero attached hydrogens (tertiary/aromatic N) is 1. The van der Waals surface area contributed by atoms with Gasteiger partial charge in [0.25, 0.3) is 0 Å². The van der Waals surface area contributed by atoms with Crippen LogP contribution in [-0.2, 0) is 4.74 Å². The standard InChI is InChI=1S/C6H12Cl3NO/c1-10(4-3-7)6(9,5-8)11-2/h3-5H2,1-2H3. The van der Waals surface area contributed by atoms with Crippen LogP contribution in [0.1, 0.15) is 0 Å². The summed E-state index contributed by atoms with van der Waals surface area (Å²) in [6.07, 6.45) is 0. The van der Waals surface area contributed by atoms with Crippen LogP contribution >= 0.6 is 34.8 Å². The van der Waals surface area contributed by atoms with Gasteiger partial charge >= 0.3 is 0 Å². The topological polar surface area (TPSA) is 12.5 Å². The minimum atomic E-state index is -0.920. The summed E-state index contributed by atoms with van der Waals surface area (Å²) in [5.41, 5.74) is 0. The van der Waals surface area contributed by atoms with Crippen LogP contribution < -0.4 is 0 Å². The molecule has 0 heterocycles. The van der Waals surface area contributed by atoms with Gasteiger partial charge in [0.2, 0.25) is 5.18 Å². The molecule has 0 aromatic carbocycles. The molecule has 0 bridgehead atoms. The van der Waals surface area contributed by atoms with E-state index in [1.807, 2.05) is 0 Å². The van der Waals surface area contributed by atoms with E-state index in [-0.39, 0.29) is 5.88 Å². The molecule has 5 heteroatoms. The number of rotatable bonds is 5. The highest BCUT2D eigenvalue weighted by Crippen LogP contribution is 2.21. The van der Waals surface area contributed by atoms with Gasteiger partial charge in [0.15, 0.2) is 0 Å². The smallest absolute Gasteiger partial charge is 0.212 e. The molecule has 0 aliphatic rings. The molecule has 0 aliphatic carbocycles. The lowest BCUT2D eigenvalue weighted by atomic mass is 10.5. The zero-order chi connectivity index (χ0) is 8.91. The van der Waals surface area contributed by atoms with Crippen LogP contribution in [0.3, 0.4) is 0 Å². The summed E-state index contributed by atoms with van der Waals surface area (Å²) in [6, 6.07) is 0. The predicted octanol–water partition coefficient (Wildman–Crippen LogP) is 1.93. The summed E-state index contributed by atoms with van der Waals surface area (Å²) in [7, 11) is 3.32. The minimum absolute atomic E-state index is 0.207. The van der Waals surface area contributed by atoms with Crippen LogP contribution in [0.25, 0.3) is 0 Å². The van der Waals surface area contributed by atoms with Gasteiger partial charge in [-0.1, -0.05) is 11.6 Å². The van der Waals surface area contributed by atoms with Crippen molar-refractivity contribution in [3.8, 4) is 0 Å². The van der Waals surface area contributed by atoms with E-state index in [1.54, 1.807) is 11.9 Å². The molecule has 0 saturated heterocycles. The molecule has 1 unspecified atom stereocenters. The van der Waals surface area contributed by atoms with E-state index < -0.39 is 5.18 Å². The Bertz CT molecular complexity index is 108. The summed E-state index contributed by atoms with van der Waals surface area (Å²) in [5.74, 6) is 0.712. The normalized spacial score (nSPS) is 16.9. The Labute approximate surface area is 82.3 Å². The van der Waals surface area contributed by atoms with Crippen molar-refractivity contribution >= 4 is 34.8 Å². The molecule has 2 nitrogen and oxygen atoms in total. The molecule has 0 spiro atoms.